The lowest BCUT2D eigenvalue weighted by molar-refractivity contribution is 0.0886. The van der Waals surface area contributed by atoms with Gasteiger partial charge < -0.3 is 10.1 Å². The van der Waals surface area contributed by atoms with Gasteiger partial charge in [0, 0.05) is 11.4 Å². The minimum atomic E-state index is -0.257. The minimum Gasteiger partial charge on any atom is -0.497 e. The summed E-state index contributed by atoms with van der Waals surface area (Å²) >= 11 is 0. The summed E-state index contributed by atoms with van der Waals surface area (Å²) in [4.78, 5) is 26.3. The molecule has 6 nitrogen and oxygen atoms in total. The van der Waals surface area contributed by atoms with Crippen LogP contribution in [0.3, 0.4) is 0 Å². The SMILES string of the molecule is COc1ccc(-n2nc(C(=O)N[C@@H]3CCC[C@@H](C)[C@H]3C)c3ccccc3c2=O)cc1. The number of nitrogens with one attached hydrogen (secondary N) is 1. The van der Waals surface area contributed by atoms with Crippen LogP contribution in [0.15, 0.2) is 53.3 Å². The molecule has 0 bridgehead atoms. The molecule has 1 amide bonds. The topological polar surface area (TPSA) is 73.2 Å². The van der Waals surface area contributed by atoms with Crippen molar-refractivity contribution in [1.82, 2.24) is 15.1 Å². The third kappa shape index (κ3) is 3.70. The molecule has 1 fully saturated rings. The molecule has 0 radical (unpaired) electrons. The van der Waals surface area contributed by atoms with E-state index in [1.54, 1.807) is 49.6 Å². The maximum absolute atomic E-state index is 13.3. The number of amides is 1. The second-order valence-corrected chi connectivity index (χ2v) is 8.16. The van der Waals surface area contributed by atoms with Crippen LogP contribution in [-0.4, -0.2) is 28.8 Å². The summed E-state index contributed by atoms with van der Waals surface area (Å²) in [5.74, 6) is 1.42. The average molecular weight is 405 g/mol. The summed E-state index contributed by atoms with van der Waals surface area (Å²) in [6.45, 7) is 4.43. The van der Waals surface area contributed by atoms with Crippen molar-refractivity contribution in [2.45, 2.75) is 39.2 Å². The van der Waals surface area contributed by atoms with Crippen molar-refractivity contribution in [2.75, 3.05) is 7.11 Å². The van der Waals surface area contributed by atoms with Crippen molar-refractivity contribution in [2.24, 2.45) is 11.8 Å². The predicted molar refractivity (Wildman–Crippen MR) is 117 cm³/mol. The van der Waals surface area contributed by atoms with Crippen LogP contribution in [-0.2, 0) is 0 Å². The van der Waals surface area contributed by atoms with E-state index in [4.69, 9.17) is 4.74 Å². The van der Waals surface area contributed by atoms with Crippen molar-refractivity contribution < 1.29 is 9.53 Å². The van der Waals surface area contributed by atoms with E-state index in [1.807, 2.05) is 6.07 Å². The van der Waals surface area contributed by atoms with E-state index >= 15 is 0 Å². The Morgan fingerprint density at radius 3 is 2.47 bits per heavy atom. The van der Waals surface area contributed by atoms with Crippen molar-refractivity contribution in [1.29, 1.82) is 0 Å². The second kappa shape index (κ2) is 8.30. The van der Waals surface area contributed by atoms with Gasteiger partial charge in [-0.25, -0.2) is 0 Å². The molecule has 1 aliphatic carbocycles. The Labute approximate surface area is 175 Å². The van der Waals surface area contributed by atoms with Crippen molar-refractivity contribution in [3.05, 3.63) is 64.6 Å². The van der Waals surface area contributed by atoms with E-state index in [9.17, 15) is 9.59 Å². The van der Waals surface area contributed by atoms with Crippen molar-refractivity contribution >= 4 is 16.7 Å². The van der Waals surface area contributed by atoms with Crippen molar-refractivity contribution in [3.63, 3.8) is 0 Å². The van der Waals surface area contributed by atoms with Gasteiger partial charge in [0.25, 0.3) is 11.5 Å². The second-order valence-electron chi connectivity index (χ2n) is 8.16. The summed E-state index contributed by atoms with van der Waals surface area (Å²) in [6.07, 6.45) is 3.26. The Morgan fingerprint density at radius 1 is 1.07 bits per heavy atom. The van der Waals surface area contributed by atoms with Crippen LogP contribution in [0.5, 0.6) is 5.75 Å². The highest BCUT2D eigenvalue weighted by molar-refractivity contribution is 6.05. The van der Waals surface area contributed by atoms with Gasteiger partial charge in [-0.1, -0.05) is 44.9 Å². The Kier molecular flexibility index (Phi) is 5.57. The molecule has 1 aromatic heterocycles. The van der Waals surface area contributed by atoms with Crippen molar-refractivity contribution in [3.8, 4) is 11.4 Å². The largest absolute Gasteiger partial charge is 0.497 e. The van der Waals surface area contributed by atoms with E-state index in [0.717, 1.165) is 12.8 Å². The number of benzene rings is 2. The Balaban J connectivity index is 1.77. The molecule has 2 aromatic carbocycles. The fourth-order valence-corrected chi connectivity index (χ4v) is 4.28. The fraction of sp³-hybridized carbons (Fsp3) is 0.375. The molecule has 0 aliphatic heterocycles. The highest BCUT2D eigenvalue weighted by atomic mass is 16.5. The minimum absolute atomic E-state index is 0.114. The van der Waals surface area contributed by atoms with Crippen LogP contribution >= 0.6 is 0 Å². The molecule has 1 heterocycles. The standard InChI is InChI=1S/C24H27N3O3/c1-15-7-6-10-21(16(15)2)25-23(28)22-19-8-4-5-9-20(19)24(29)27(26-22)17-11-13-18(30-3)14-12-17/h4-5,8-9,11-16,21H,6-7,10H2,1-3H3,(H,25,28)/t15-,16-,21-/m1/s1. The van der Waals surface area contributed by atoms with Gasteiger partial charge in [0.05, 0.1) is 18.2 Å². The van der Waals surface area contributed by atoms with Gasteiger partial charge in [0.15, 0.2) is 5.69 Å². The quantitative estimate of drug-likeness (QED) is 0.713. The zero-order chi connectivity index (χ0) is 21.3. The molecule has 4 rings (SSSR count). The first-order valence-electron chi connectivity index (χ1n) is 10.5. The molecule has 1 aliphatic rings. The molecule has 156 valence electrons. The smallest absolute Gasteiger partial charge is 0.279 e. The lowest BCUT2D eigenvalue weighted by Crippen LogP contribution is -2.44. The van der Waals surface area contributed by atoms with Gasteiger partial charge in [-0.2, -0.15) is 9.78 Å². The first-order valence-corrected chi connectivity index (χ1v) is 10.5. The number of nitrogens with zero attached hydrogens (tertiary/aromatic N) is 2. The molecular weight excluding hydrogens is 378 g/mol. The lowest BCUT2D eigenvalue weighted by atomic mass is 9.78. The Hall–Kier alpha value is -3.15. The van der Waals surface area contributed by atoms with Crippen LogP contribution in [0.25, 0.3) is 16.5 Å². The highest BCUT2D eigenvalue weighted by Gasteiger charge is 2.29. The predicted octanol–water partition coefficient (Wildman–Crippen LogP) is 3.95. The lowest BCUT2D eigenvalue weighted by Gasteiger charge is -2.34. The summed E-state index contributed by atoms with van der Waals surface area (Å²) in [7, 11) is 1.59. The molecule has 30 heavy (non-hydrogen) atoms. The number of hydrogen-bond acceptors (Lipinski definition) is 4. The van der Waals surface area contributed by atoms with E-state index in [-0.39, 0.29) is 23.2 Å². The highest BCUT2D eigenvalue weighted by Crippen LogP contribution is 2.30. The zero-order valence-corrected chi connectivity index (χ0v) is 17.6. The van der Waals surface area contributed by atoms with Crippen LogP contribution in [0.2, 0.25) is 0 Å². The first kappa shape index (κ1) is 20.1. The summed E-state index contributed by atoms with van der Waals surface area (Å²) in [6, 6.07) is 14.3. The molecule has 0 saturated heterocycles. The third-order valence-corrected chi connectivity index (χ3v) is 6.36. The van der Waals surface area contributed by atoms with Crippen LogP contribution in [0.1, 0.15) is 43.6 Å². The molecule has 3 aromatic rings. The molecule has 1 saturated carbocycles. The Bertz CT molecular complexity index is 1120. The summed E-state index contributed by atoms with van der Waals surface area (Å²) in [5, 5.41) is 8.72. The number of hydrogen-bond donors (Lipinski definition) is 1. The molecular formula is C24H27N3O3. The van der Waals surface area contributed by atoms with E-state index in [1.165, 1.54) is 11.1 Å². The van der Waals surface area contributed by atoms with E-state index in [2.05, 4.69) is 24.3 Å². The van der Waals surface area contributed by atoms with Gasteiger partial charge in [0.1, 0.15) is 5.75 Å². The summed E-state index contributed by atoms with van der Waals surface area (Å²) in [5.41, 5.74) is 0.596. The number of ether oxygens (including phenoxy) is 1. The first-order chi connectivity index (χ1) is 14.5. The number of rotatable bonds is 4. The van der Waals surface area contributed by atoms with Crippen LogP contribution in [0.4, 0.5) is 0 Å². The molecule has 0 unspecified atom stereocenters. The maximum atomic E-state index is 13.3. The fourth-order valence-electron chi connectivity index (χ4n) is 4.28. The summed E-state index contributed by atoms with van der Waals surface area (Å²) < 4.78 is 6.49. The van der Waals surface area contributed by atoms with E-state index in [0.29, 0.717) is 34.0 Å². The van der Waals surface area contributed by atoms with Gasteiger partial charge in [-0.05, 0) is 48.6 Å². The number of carbonyl (C=O) groups excluding carboxylic acids is 1. The normalized spacial score (nSPS) is 21.4. The Morgan fingerprint density at radius 2 is 1.77 bits per heavy atom. The van der Waals surface area contributed by atoms with Gasteiger partial charge in [0.2, 0.25) is 0 Å². The average Bonchev–Trinajstić information content (AvgIpc) is 2.77. The van der Waals surface area contributed by atoms with Crippen LogP contribution < -0.4 is 15.6 Å². The number of fused-ring (bicyclic) bond motifs is 1. The third-order valence-electron chi connectivity index (χ3n) is 6.36. The number of aromatic nitrogens is 2. The van der Waals surface area contributed by atoms with Crippen LogP contribution in [0, 0.1) is 11.8 Å². The van der Waals surface area contributed by atoms with Gasteiger partial charge in [-0.15, -0.1) is 0 Å². The maximum Gasteiger partial charge on any atom is 0.279 e. The monoisotopic (exact) mass is 405 g/mol. The molecule has 1 N–H and O–H groups in total. The molecule has 6 heteroatoms. The molecule has 0 spiro atoms. The zero-order valence-electron chi connectivity index (χ0n) is 17.6. The van der Waals surface area contributed by atoms with E-state index < -0.39 is 0 Å². The van der Waals surface area contributed by atoms with Gasteiger partial charge >= 0.3 is 0 Å². The molecule has 3 atom stereocenters. The number of carbonyl (C=O) groups is 1. The number of methoxy groups -OCH3 is 1. The van der Waals surface area contributed by atoms with Gasteiger partial charge in [-0.3, -0.25) is 9.59 Å².